The topological polar surface area (TPSA) is 55.4 Å². The molecule has 5 heteroatoms. The van der Waals surface area contributed by atoms with Gasteiger partial charge in [0.1, 0.15) is 11.9 Å². The Balaban J connectivity index is 1.34. The van der Waals surface area contributed by atoms with Crippen LogP contribution in [-0.4, -0.2) is 18.0 Å². The van der Waals surface area contributed by atoms with Crippen molar-refractivity contribution in [1.29, 1.82) is 0 Å². The molecule has 4 aliphatic rings. The largest absolute Gasteiger partial charge is 0.462 e. The molecule has 1 aromatic carbocycles. The van der Waals surface area contributed by atoms with Crippen LogP contribution in [0.5, 0.6) is 0 Å². The van der Waals surface area contributed by atoms with Crippen LogP contribution in [0.2, 0.25) is 0 Å². The van der Waals surface area contributed by atoms with Crippen LogP contribution < -0.4 is 5.32 Å². The molecular weight excluding hydrogens is 513 g/mol. The van der Waals surface area contributed by atoms with Gasteiger partial charge in [-0.3, -0.25) is 9.59 Å². The van der Waals surface area contributed by atoms with E-state index >= 15 is 0 Å². The first-order chi connectivity index (χ1) is 19.1. The first kappa shape index (κ1) is 30.3. The van der Waals surface area contributed by atoms with Crippen molar-refractivity contribution < 1.29 is 18.7 Å². The number of nitrogens with one attached hydrogen (secondary N) is 1. The van der Waals surface area contributed by atoms with Crippen LogP contribution in [0.1, 0.15) is 113 Å². The quantitative estimate of drug-likeness (QED) is 0.276. The number of para-hydroxylation sites is 1. The van der Waals surface area contributed by atoms with E-state index in [0.717, 1.165) is 32.1 Å². The maximum absolute atomic E-state index is 14.1. The third-order valence-corrected chi connectivity index (χ3v) is 13.1. The fraction of sp³-hybridized carbons (Fsp3) is 0.722. The summed E-state index contributed by atoms with van der Waals surface area (Å²) >= 11 is 0. The van der Waals surface area contributed by atoms with Crippen LogP contribution in [0, 0.1) is 51.1 Å². The van der Waals surface area contributed by atoms with Gasteiger partial charge in [0.15, 0.2) is 0 Å². The molecule has 41 heavy (non-hydrogen) atoms. The molecule has 0 aliphatic heterocycles. The highest BCUT2D eigenvalue weighted by molar-refractivity contribution is 5.92. The summed E-state index contributed by atoms with van der Waals surface area (Å²) in [5.41, 5.74) is 4.26. The Kier molecular flexibility index (Phi) is 7.78. The van der Waals surface area contributed by atoms with Crippen molar-refractivity contribution in [3.63, 3.8) is 0 Å². The number of ether oxygens (including phenoxy) is 1. The minimum absolute atomic E-state index is 0.000970. The number of esters is 1. The van der Waals surface area contributed by atoms with Crippen LogP contribution in [0.15, 0.2) is 35.4 Å². The molecule has 2 fully saturated rings. The fourth-order valence-corrected chi connectivity index (χ4v) is 10.7. The van der Waals surface area contributed by atoms with E-state index in [0.29, 0.717) is 17.8 Å². The highest BCUT2D eigenvalue weighted by atomic mass is 19.1. The number of fused-ring (bicyclic) bond motifs is 4. The zero-order valence-electron chi connectivity index (χ0n) is 26.7. The Morgan fingerprint density at radius 1 is 0.976 bits per heavy atom. The molecular formula is C36H52FNO3. The molecule has 0 saturated heterocycles. The van der Waals surface area contributed by atoms with Gasteiger partial charge in [0.05, 0.1) is 5.69 Å². The number of allylic oxidation sites excluding steroid dienone is 2. The lowest BCUT2D eigenvalue weighted by Gasteiger charge is -2.62. The van der Waals surface area contributed by atoms with E-state index in [4.69, 9.17) is 4.74 Å². The van der Waals surface area contributed by atoms with E-state index in [1.807, 2.05) is 6.92 Å². The Hall–Kier alpha value is -2.17. The summed E-state index contributed by atoms with van der Waals surface area (Å²) in [5.74, 6) is 0.667. The number of hydrogen-bond acceptors (Lipinski definition) is 3. The second kappa shape index (κ2) is 10.5. The van der Waals surface area contributed by atoms with Gasteiger partial charge in [0, 0.05) is 18.3 Å². The van der Waals surface area contributed by atoms with E-state index in [-0.39, 0.29) is 51.2 Å². The number of anilines is 1. The maximum Gasteiger partial charge on any atom is 0.302 e. The van der Waals surface area contributed by atoms with Gasteiger partial charge in [-0.25, -0.2) is 4.39 Å². The summed E-state index contributed by atoms with van der Waals surface area (Å²) in [7, 11) is 0. The van der Waals surface area contributed by atoms with Gasteiger partial charge in [-0.2, -0.15) is 0 Å². The number of hydrogen-bond donors (Lipinski definition) is 1. The van der Waals surface area contributed by atoms with Gasteiger partial charge >= 0.3 is 5.97 Å². The summed E-state index contributed by atoms with van der Waals surface area (Å²) in [5, 5.41) is 2.82. The first-order valence-electron chi connectivity index (χ1n) is 16.1. The van der Waals surface area contributed by atoms with E-state index in [2.05, 4.69) is 46.9 Å². The lowest BCUT2D eigenvalue weighted by atomic mass is 9.43. The fourth-order valence-electron chi connectivity index (χ4n) is 10.7. The van der Waals surface area contributed by atoms with E-state index in [1.165, 1.54) is 31.7 Å². The molecule has 1 unspecified atom stereocenters. The van der Waals surface area contributed by atoms with Crippen molar-refractivity contribution in [3.05, 3.63) is 41.2 Å². The molecule has 226 valence electrons. The number of rotatable bonds is 6. The SMILES string of the molecule is CC(=O)O[C@H]1CC[C@]2(C)C3=C(CC[C@H]2C1(C)C)[C@]1(C)CC[C@H]([C@H](C)CC(C)C(=O)Nc2ccccc2F)[C@@]1(C)CC3. The second-order valence-electron chi connectivity index (χ2n) is 15.4. The third-order valence-electron chi connectivity index (χ3n) is 13.1. The van der Waals surface area contributed by atoms with E-state index in [1.54, 1.807) is 36.3 Å². The summed E-state index contributed by atoms with van der Waals surface area (Å²) in [6.07, 6.45) is 9.95. The summed E-state index contributed by atoms with van der Waals surface area (Å²) in [6.45, 7) is 18.2. The number of carbonyl (C=O) groups is 2. The highest BCUT2D eigenvalue weighted by Gasteiger charge is 2.63. The zero-order chi connectivity index (χ0) is 30.0. The summed E-state index contributed by atoms with van der Waals surface area (Å²) in [6, 6.07) is 6.40. The molecule has 0 spiro atoms. The van der Waals surface area contributed by atoms with Crippen molar-refractivity contribution in [3.8, 4) is 0 Å². The summed E-state index contributed by atoms with van der Waals surface area (Å²) < 4.78 is 20.0. The van der Waals surface area contributed by atoms with Crippen molar-refractivity contribution in [2.45, 2.75) is 119 Å². The van der Waals surface area contributed by atoms with Crippen LogP contribution in [-0.2, 0) is 14.3 Å². The average Bonchev–Trinajstić information content (AvgIpc) is 3.18. The monoisotopic (exact) mass is 565 g/mol. The molecule has 0 bridgehead atoms. The van der Waals surface area contributed by atoms with Gasteiger partial charge in [0.2, 0.25) is 5.91 Å². The summed E-state index contributed by atoms with van der Waals surface area (Å²) in [4.78, 5) is 24.9. The Bertz CT molecular complexity index is 1240. The first-order valence-corrected chi connectivity index (χ1v) is 16.1. The van der Waals surface area contributed by atoms with E-state index in [9.17, 15) is 14.0 Å². The maximum atomic E-state index is 14.1. The normalized spacial score (nSPS) is 37.3. The number of carbonyl (C=O) groups excluding carboxylic acids is 2. The lowest BCUT2D eigenvalue weighted by Crippen LogP contribution is -2.55. The van der Waals surface area contributed by atoms with Crippen molar-refractivity contribution in [1.82, 2.24) is 0 Å². The van der Waals surface area contributed by atoms with Crippen LogP contribution in [0.3, 0.4) is 0 Å². The van der Waals surface area contributed by atoms with Gasteiger partial charge in [0.25, 0.3) is 0 Å². The number of amides is 1. The highest BCUT2D eigenvalue weighted by Crippen LogP contribution is 2.72. The number of halogens is 1. The van der Waals surface area contributed by atoms with Gasteiger partial charge in [-0.05, 0) is 104 Å². The predicted octanol–water partition coefficient (Wildman–Crippen LogP) is 9.11. The van der Waals surface area contributed by atoms with Gasteiger partial charge < -0.3 is 10.1 Å². The van der Waals surface area contributed by atoms with E-state index < -0.39 is 5.82 Å². The molecule has 4 aliphatic carbocycles. The van der Waals surface area contributed by atoms with Gasteiger partial charge in [-0.1, -0.05) is 71.7 Å². The van der Waals surface area contributed by atoms with Crippen LogP contribution in [0.4, 0.5) is 10.1 Å². The van der Waals surface area contributed by atoms with Crippen molar-refractivity contribution in [2.24, 2.45) is 45.3 Å². The minimum Gasteiger partial charge on any atom is -0.462 e. The molecule has 2 saturated carbocycles. The van der Waals surface area contributed by atoms with Crippen LogP contribution in [0.25, 0.3) is 0 Å². The molecule has 0 aromatic heterocycles. The van der Waals surface area contributed by atoms with Crippen molar-refractivity contribution in [2.75, 3.05) is 5.32 Å². The zero-order valence-corrected chi connectivity index (χ0v) is 26.7. The van der Waals surface area contributed by atoms with Crippen molar-refractivity contribution >= 4 is 17.6 Å². The molecule has 5 rings (SSSR count). The predicted molar refractivity (Wildman–Crippen MR) is 163 cm³/mol. The Labute approximate surface area is 247 Å². The Morgan fingerprint density at radius 3 is 2.37 bits per heavy atom. The van der Waals surface area contributed by atoms with Crippen LogP contribution >= 0.6 is 0 Å². The third kappa shape index (κ3) is 4.78. The standard InChI is InChI=1S/C36H52FNO3/c1-22(21-23(2)32(40)38-29-12-10-9-11-28(29)37)25-15-19-36(8)27-13-14-30-33(4,5)31(41-24(3)39)17-18-34(30,6)26(27)16-20-35(25,36)7/h9-12,22-23,25,30-31H,13-21H2,1-8H3,(H,38,40)/t22-,23?,25-,30+,31+,34-,35-,36+/m1/s1. The smallest absolute Gasteiger partial charge is 0.302 e. The lowest BCUT2D eigenvalue weighted by molar-refractivity contribution is -0.167. The molecule has 0 radical (unpaired) electrons. The molecule has 1 amide bonds. The average molecular weight is 566 g/mol. The molecule has 1 N–H and O–H groups in total. The molecule has 8 atom stereocenters. The molecule has 4 nitrogen and oxygen atoms in total. The number of benzene rings is 1. The van der Waals surface area contributed by atoms with Gasteiger partial charge in [-0.15, -0.1) is 0 Å². The minimum atomic E-state index is -0.391. The Morgan fingerprint density at radius 2 is 1.68 bits per heavy atom. The molecule has 0 heterocycles. The second-order valence-corrected chi connectivity index (χ2v) is 15.4. The molecule has 1 aromatic rings.